The van der Waals surface area contributed by atoms with Gasteiger partial charge in [-0.25, -0.2) is 4.57 Å². The molecule has 2 heteroatoms. The van der Waals surface area contributed by atoms with Crippen molar-refractivity contribution >= 4 is 0 Å². The second kappa shape index (κ2) is 6.30. The Morgan fingerprint density at radius 2 is 2.00 bits per heavy atom. The molecule has 0 fully saturated rings. The molecule has 4 rings (SSSR count). The molecule has 1 aromatic carbocycles. The van der Waals surface area contributed by atoms with Crippen molar-refractivity contribution in [3.05, 3.63) is 70.7 Å². The van der Waals surface area contributed by atoms with E-state index in [0.29, 0.717) is 0 Å². The van der Waals surface area contributed by atoms with Gasteiger partial charge in [0.05, 0.1) is 5.56 Å². The summed E-state index contributed by atoms with van der Waals surface area (Å²) in [5.41, 5.74) is 7.10. The third-order valence-corrected chi connectivity index (χ3v) is 5.12. The fourth-order valence-corrected chi connectivity index (χ4v) is 3.98. The highest BCUT2D eigenvalue weighted by atomic mass is 14.9. The van der Waals surface area contributed by atoms with Crippen LogP contribution < -0.4 is 4.57 Å². The molecule has 27 heavy (non-hydrogen) atoms. The number of fused-ring (bicyclic) bond motifs is 3. The minimum absolute atomic E-state index is 0.0568. The second-order valence-corrected chi connectivity index (χ2v) is 8.47. The summed E-state index contributed by atoms with van der Waals surface area (Å²) in [6.45, 7) is 5.04. The van der Waals surface area contributed by atoms with Gasteiger partial charge in [0.25, 0.3) is 0 Å². The summed E-state index contributed by atoms with van der Waals surface area (Å²) >= 11 is 0. The molecule has 0 aliphatic heterocycles. The molecule has 0 unspecified atom stereocenters. The highest BCUT2D eigenvalue weighted by Gasteiger charge is 2.27. The molecule has 0 N–H and O–H groups in total. The van der Waals surface area contributed by atoms with Gasteiger partial charge in [-0.3, -0.25) is 4.98 Å². The van der Waals surface area contributed by atoms with Crippen molar-refractivity contribution in [2.75, 3.05) is 0 Å². The van der Waals surface area contributed by atoms with Crippen LogP contribution in [0, 0.1) is 19.2 Å². The van der Waals surface area contributed by atoms with Crippen LogP contribution >= 0.6 is 0 Å². The van der Waals surface area contributed by atoms with E-state index in [1.807, 2.05) is 30.8 Å². The lowest BCUT2D eigenvalue weighted by molar-refractivity contribution is -0.660. The smallest absolute Gasteiger partial charge is 0.213 e. The molecule has 2 nitrogen and oxygen atoms in total. The lowest BCUT2D eigenvalue weighted by Crippen LogP contribution is -2.32. The van der Waals surface area contributed by atoms with Crippen LogP contribution in [0.5, 0.6) is 0 Å². The van der Waals surface area contributed by atoms with Crippen molar-refractivity contribution in [3.63, 3.8) is 0 Å². The highest BCUT2D eigenvalue weighted by molar-refractivity contribution is 5.84. The minimum atomic E-state index is -2.42. The van der Waals surface area contributed by atoms with Crippen molar-refractivity contribution in [3.8, 4) is 22.4 Å². The number of aryl methyl sites for hydroxylation is 3. The Kier molecular flexibility index (Phi) is 2.99. The topological polar surface area (TPSA) is 16.8 Å². The van der Waals surface area contributed by atoms with Crippen LogP contribution in [0.1, 0.15) is 55.4 Å². The normalized spacial score (nSPS) is 16.6. The van der Waals surface area contributed by atoms with E-state index in [9.17, 15) is 0 Å². The molecular formula is C25H29N2+. The molecule has 0 radical (unpaired) electrons. The van der Waals surface area contributed by atoms with Crippen LogP contribution in [0.2, 0.25) is 0 Å². The van der Waals surface area contributed by atoms with Crippen LogP contribution in [0.4, 0.5) is 0 Å². The largest absolute Gasteiger partial charge is 0.264 e. The Balaban J connectivity index is 2.03. The van der Waals surface area contributed by atoms with Gasteiger partial charge in [0, 0.05) is 37.3 Å². The summed E-state index contributed by atoms with van der Waals surface area (Å²) < 4.78 is 43.8. The first-order valence-electron chi connectivity index (χ1n) is 11.8. The quantitative estimate of drug-likeness (QED) is 0.439. The first kappa shape index (κ1) is 12.8. The van der Waals surface area contributed by atoms with Crippen molar-refractivity contribution in [1.82, 2.24) is 4.98 Å². The Morgan fingerprint density at radius 3 is 2.74 bits per heavy atom. The summed E-state index contributed by atoms with van der Waals surface area (Å²) in [4.78, 5) is 4.28. The average Bonchev–Trinajstić information content (AvgIpc) is 3.05. The average molecular weight is 363 g/mol. The van der Waals surface area contributed by atoms with Crippen LogP contribution in [-0.4, -0.2) is 4.98 Å². The first-order chi connectivity index (χ1) is 14.7. The van der Waals surface area contributed by atoms with Gasteiger partial charge in [0.2, 0.25) is 5.69 Å². The predicted molar refractivity (Wildman–Crippen MR) is 112 cm³/mol. The van der Waals surface area contributed by atoms with E-state index in [1.54, 1.807) is 39.2 Å². The van der Waals surface area contributed by atoms with Gasteiger partial charge >= 0.3 is 0 Å². The molecule has 0 bridgehead atoms. The molecule has 2 heterocycles. The Hall–Kier alpha value is -2.48. The number of hydrogen-bond donors (Lipinski definition) is 0. The summed E-state index contributed by atoms with van der Waals surface area (Å²) in [6, 6.07) is 8.00. The van der Waals surface area contributed by atoms with Crippen LogP contribution in [0.15, 0.2) is 42.9 Å². The van der Waals surface area contributed by atoms with Gasteiger partial charge in [0.15, 0.2) is 6.20 Å². The van der Waals surface area contributed by atoms with Crippen LogP contribution in [0.25, 0.3) is 22.4 Å². The van der Waals surface area contributed by atoms with Gasteiger partial charge in [-0.05, 0) is 65.0 Å². The van der Waals surface area contributed by atoms with Crippen LogP contribution in [-0.2, 0) is 19.8 Å². The van der Waals surface area contributed by atoms with Gasteiger partial charge in [-0.2, -0.15) is 0 Å². The minimum Gasteiger partial charge on any atom is -0.264 e. The molecule has 0 atom stereocenters. The van der Waals surface area contributed by atoms with E-state index in [-0.39, 0.29) is 11.1 Å². The number of hydrogen-bond acceptors (Lipinski definition) is 1. The van der Waals surface area contributed by atoms with Gasteiger partial charge in [0.1, 0.15) is 7.05 Å². The predicted octanol–water partition coefficient (Wildman–Crippen LogP) is 5.35. The van der Waals surface area contributed by atoms with Crippen molar-refractivity contribution in [2.24, 2.45) is 12.5 Å². The number of aromatic nitrogens is 2. The van der Waals surface area contributed by atoms with Gasteiger partial charge < -0.3 is 0 Å². The van der Waals surface area contributed by atoms with Crippen molar-refractivity contribution < 1.29 is 11.4 Å². The molecule has 0 spiro atoms. The highest BCUT2D eigenvalue weighted by Crippen LogP contribution is 2.42. The zero-order valence-electron chi connectivity index (χ0n) is 21.6. The number of nitrogens with zero attached hydrogens (tertiary/aromatic N) is 2. The fraction of sp³-hybridized carbons (Fsp3) is 0.360. The lowest BCUT2D eigenvalue weighted by atomic mass is 9.85. The van der Waals surface area contributed by atoms with Crippen molar-refractivity contribution in [2.45, 2.75) is 47.3 Å². The Morgan fingerprint density at radius 1 is 1.19 bits per heavy atom. The maximum atomic E-state index is 8.88. The SMILES string of the molecule is [2H]C([2H])([2H])c1c[n+](C)c(-c2c(C)ccc3c2Cc2cnccc2-3)cc1C([2H])([2H])C(C)(C)C. The van der Waals surface area contributed by atoms with E-state index in [1.165, 1.54) is 16.7 Å². The van der Waals surface area contributed by atoms with E-state index in [4.69, 9.17) is 6.85 Å². The molecule has 1 aliphatic rings. The Labute approximate surface area is 169 Å². The zero-order chi connectivity index (χ0) is 23.6. The third kappa shape index (κ3) is 3.18. The number of pyridine rings is 2. The van der Waals surface area contributed by atoms with Gasteiger partial charge in [-0.1, -0.05) is 32.9 Å². The molecule has 3 aromatic rings. The lowest BCUT2D eigenvalue weighted by Gasteiger charge is -2.20. The van der Waals surface area contributed by atoms with Crippen LogP contribution in [0.3, 0.4) is 0 Å². The first-order valence-corrected chi connectivity index (χ1v) is 9.34. The molecule has 1 aliphatic carbocycles. The molecule has 0 saturated heterocycles. The monoisotopic (exact) mass is 362 g/mol. The van der Waals surface area contributed by atoms with E-state index < -0.39 is 18.6 Å². The summed E-state index contributed by atoms with van der Waals surface area (Å²) in [6.07, 6.45) is 4.20. The third-order valence-electron chi connectivity index (χ3n) is 5.12. The fourth-order valence-electron chi connectivity index (χ4n) is 3.98. The van der Waals surface area contributed by atoms with E-state index >= 15 is 0 Å². The summed E-state index contributed by atoms with van der Waals surface area (Å²) in [7, 11) is 1.84. The van der Waals surface area contributed by atoms with Gasteiger partial charge in [-0.15, -0.1) is 0 Å². The molecule has 0 amide bonds. The number of benzene rings is 1. The van der Waals surface area contributed by atoms with Crippen molar-refractivity contribution in [1.29, 1.82) is 0 Å². The maximum Gasteiger partial charge on any atom is 0.213 e. The maximum absolute atomic E-state index is 8.88. The standard InChI is InChI=1S/C25H29N2/c1-16-7-8-21-20-9-10-26-14-19(20)11-22(21)24(16)23-12-18(13-25(3,4)5)17(2)15-27(23)6/h7-10,12,14-15H,11,13H2,1-6H3/q+1/i2D3,13D2. The van der Waals surface area contributed by atoms with E-state index in [2.05, 4.69) is 17.1 Å². The summed E-state index contributed by atoms with van der Waals surface area (Å²) in [5, 5.41) is 0. The molecule has 2 aromatic heterocycles. The summed E-state index contributed by atoms with van der Waals surface area (Å²) in [5.74, 6) is 0. The Bertz CT molecular complexity index is 1220. The zero-order valence-corrected chi connectivity index (χ0v) is 16.6. The number of rotatable bonds is 2. The molecule has 138 valence electrons. The molecular weight excluding hydrogens is 328 g/mol. The second-order valence-electron chi connectivity index (χ2n) is 8.47. The molecule has 0 saturated carbocycles. The van der Waals surface area contributed by atoms with E-state index in [0.717, 1.165) is 28.8 Å².